The molecule has 2 heterocycles. The van der Waals surface area contributed by atoms with E-state index in [9.17, 15) is 18.0 Å². The van der Waals surface area contributed by atoms with E-state index in [1.165, 1.54) is 24.2 Å². The smallest absolute Gasteiger partial charge is 0.310 e. The number of carbonyl (C=O) groups is 2. The molecular formula is C14H20N2O5S3. The fourth-order valence-electron chi connectivity index (χ4n) is 2.05. The van der Waals surface area contributed by atoms with Gasteiger partial charge in [-0.1, -0.05) is 0 Å². The van der Waals surface area contributed by atoms with Crippen LogP contribution in [0.5, 0.6) is 0 Å². The van der Waals surface area contributed by atoms with Crippen LogP contribution < -0.4 is 5.32 Å². The third kappa shape index (κ3) is 4.11. The summed E-state index contributed by atoms with van der Waals surface area (Å²) in [5.74, 6) is -0.132. The summed E-state index contributed by atoms with van der Waals surface area (Å²) in [7, 11) is -3.71. The van der Waals surface area contributed by atoms with Crippen LogP contribution >= 0.6 is 23.1 Å². The van der Waals surface area contributed by atoms with E-state index in [0.717, 1.165) is 22.8 Å². The zero-order valence-corrected chi connectivity index (χ0v) is 15.9. The Hall–Kier alpha value is -1.10. The molecule has 0 radical (unpaired) electrons. The molecule has 0 saturated carbocycles. The van der Waals surface area contributed by atoms with Crippen molar-refractivity contribution in [3.05, 3.63) is 16.3 Å². The Balaban J connectivity index is 2.17. The normalized spacial score (nSPS) is 16.8. The minimum Gasteiger partial charge on any atom is -0.481 e. The number of carboxylic acid groups (broad SMARTS) is 1. The Kier molecular flexibility index (Phi) is 5.95. The Labute approximate surface area is 149 Å². The topological polar surface area (TPSA) is 104 Å². The highest BCUT2D eigenvalue weighted by Gasteiger charge is 2.32. The molecule has 0 spiro atoms. The summed E-state index contributed by atoms with van der Waals surface area (Å²) < 4.78 is 26.9. The second kappa shape index (κ2) is 7.42. The molecule has 1 amide bonds. The number of nitrogens with one attached hydrogen (secondary N) is 1. The van der Waals surface area contributed by atoms with Gasteiger partial charge in [-0.05, 0) is 25.3 Å². The molecule has 1 aromatic heterocycles. The molecule has 1 saturated heterocycles. The van der Waals surface area contributed by atoms with Gasteiger partial charge in [-0.15, -0.1) is 11.3 Å². The molecule has 0 aromatic carbocycles. The van der Waals surface area contributed by atoms with Crippen molar-refractivity contribution in [2.45, 2.75) is 18.7 Å². The Morgan fingerprint density at radius 3 is 2.54 bits per heavy atom. The highest BCUT2D eigenvalue weighted by Crippen LogP contribution is 2.27. The number of carbonyl (C=O) groups excluding carboxylic acids is 1. The summed E-state index contributed by atoms with van der Waals surface area (Å²) in [6.07, 6.45) is 0. The molecule has 24 heavy (non-hydrogen) atoms. The lowest BCUT2D eigenvalue weighted by molar-refractivity contribution is -0.146. The number of nitrogens with zero attached hydrogens (tertiary/aromatic N) is 1. The van der Waals surface area contributed by atoms with Crippen molar-refractivity contribution in [3.8, 4) is 0 Å². The largest absolute Gasteiger partial charge is 0.481 e. The van der Waals surface area contributed by atoms with Gasteiger partial charge in [-0.25, -0.2) is 8.42 Å². The van der Waals surface area contributed by atoms with E-state index in [1.54, 1.807) is 17.1 Å². The quantitative estimate of drug-likeness (QED) is 0.757. The summed E-state index contributed by atoms with van der Waals surface area (Å²) >= 11 is 2.73. The van der Waals surface area contributed by atoms with Crippen LogP contribution in [0.3, 0.4) is 0 Å². The molecule has 1 aliphatic heterocycles. The van der Waals surface area contributed by atoms with Gasteiger partial charge in [0.2, 0.25) is 10.0 Å². The fourth-order valence-corrected chi connectivity index (χ4v) is 5.94. The lowest BCUT2D eigenvalue weighted by atomic mass is 9.94. The standard InChI is InChI=1S/C14H20N2O5S3/c1-14(2,13(18)19)9-15-12(17)11-10(3-6-23-11)24(20,21)16-4-7-22-8-5-16/h3,6H,4-5,7-9H2,1-2H3,(H,15,17)(H,18,19). The summed E-state index contributed by atoms with van der Waals surface area (Å²) in [4.78, 5) is 23.5. The van der Waals surface area contributed by atoms with Crippen LogP contribution in [0.25, 0.3) is 0 Å². The van der Waals surface area contributed by atoms with Crippen molar-refractivity contribution in [3.63, 3.8) is 0 Å². The van der Waals surface area contributed by atoms with Gasteiger partial charge in [0.25, 0.3) is 5.91 Å². The maximum Gasteiger partial charge on any atom is 0.310 e. The van der Waals surface area contributed by atoms with Crippen molar-refractivity contribution in [1.29, 1.82) is 0 Å². The van der Waals surface area contributed by atoms with Crippen LogP contribution in [-0.2, 0) is 14.8 Å². The first-order valence-electron chi connectivity index (χ1n) is 7.33. The van der Waals surface area contributed by atoms with Crippen LogP contribution in [0.1, 0.15) is 23.5 Å². The van der Waals surface area contributed by atoms with Gasteiger partial charge in [0.05, 0.1) is 5.41 Å². The second-order valence-electron chi connectivity index (χ2n) is 6.00. The fraction of sp³-hybridized carbons (Fsp3) is 0.571. The van der Waals surface area contributed by atoms with E-state index in [0.29, 0.717) is 13.1 Å². The Bertz CT molecular complexity index is 721. The molecule has 7 nitrogen and oxygen atoms in total. The first-order valence-corrected chi connectivity index (χ1v) is 10.8. The van der Waals surface area contributed by atoms with Crippen molar-refractivity contribution in [2.24, 2.45) is 5.41 Å². The lowest BCUT2D eigenvalue weighted by Gasteiger charge is -2.25. The summed E-state index contributed by atoms with van der Waals surface area (Å²) in [6.45, 7) is 3.75. The molecule has 1 aliphatic rings. The number of aliphatic carboxylic acids is 1. The molecule has 2 N–H and O–H groups in total. The van der Waals surface area contributed by atoms with Crippen LogP contribution in [-0.4, -0.2) is 60.8 Å². The summed E-state index contributed by atoms with van der Waals surface area (Å²) in [5, 5.41) is 13.2. The average molecular weight is 393 g/mol. The SMILES string of the molecule is CC(C)(CNC(=O)c1sccc1S(=O)(=O)N1CCSCC1)C(=O)O. The van der Waals surface area contributed by atoms with Crippen molar-refractivity contribution < 1.29 is 23.1 Å². The minimum atomic E-state index is -3.71. The molecule has 0 unspecified atom stereocenters. The summed E-state index contributed by atoms with van der Waals surface area (Å²) in [6, 6.07) is 1.43. The van der Waals surface area contributed by atoms with E-state index < -0.39 is 27.3 Å². The molecule has 10 heteroatoms. The van der Waals surface area contributed by atoms with Gasteiger partial charge >= 0.3 is 5.97 Å². The predicted octanol–water partition coefficient (Wildman–Crippen LogP) is 1.33. The van der Waals surface area contributed by atoms with Crippen molar-refractivity contribution >= 4 is 45.0 Å². The first kappa shape index (κ1) is 19.2. The van der Waals surface area contributed by atoms with Crippen LogP contribution in [0.15, 0.2) is 16.3 Å². The van der Waals surface area contributed by atoms with E-state index in [-0.39, 0.29) is 16.3 Å². The number of carboxylic acids is 1. The highest BCUT2D eigenvalue weighted by molar-refractivity contribution is 7.99. The van der Waals surface area contributed by atoms with Crippen molar-refractivity contribution in [1.82, 2.24) is 9.62 Å². The van der Waals surface area contributed by atoms with Crippen LogP contribution in [0.4, 0.5) is 0 Å². The van der Waals surface area contributed by atoms with E-state index >= 15 is 0 Å². The number of hydrogen-bond acceptors (Lipinski definition) is 6. The zero-order chi connectivity index (χ0) is 18.0. The van der Waals surface area contributed by atoms with Crippen LogP contribution in [0, 0.1) is 5.41 Å². The molecule has 0 atom stereocenters. The Morgan fingerprint density at radius 1 is 1.33 bits per heavy atom. The molecule has 2 rings (SSSR count). The van der Waals surface area contributed by atoms with Crippen LogP contribution in [0.2, 0.25) is 0 Å². The van der Waals surface area contributed by atoms with Gasteiger partial charge in [-0.3, -0.25) is 9.59 Å². The predicted molar refractivity (Wildman–Crippen MR) is 94.2 cm³/mol. The van der Waals surface area contributed by atoms with Gasteiger partial charge in [0.15, 0.2) is 0 Å². The number of sulfonamides is 1. The minimum absolute atomic E-state index is 0.00923. The van der Waals surface area contributed by atoms with Gasteiger partial charge in [0.1, 0.15) is 9.77 Å². The average Bonchev–Trinajstić information content (AvgIpc) is 3.04. The monoisotopic (exact) mass is 392 g/mol. The maximum atomic E-state index is 12.7. The highest BCUT2D eigenvalue weighted by atomic mass is 32.2. The number of amides is 1. The lowest BCUT2D eigenvalue weighted by Crippen LogP contribution is -2.40. The molecule has 1 aromatic rings. The molecular weight excluding hydrogens is 372 g/mol. The molecule has 0 bridgehead atoms. The maximum absolute atomic E-state index is 12.7. The first-order chi connectivity index (χ1) is 11.2. The van der Waals surface area contributed by atoms with E-state index in [2.05, 4.69) is 5.32 Å². The van der Waals surface area contributed by atoms with Crippen molar-refractivity contribution in [2.75, 3.05) is 31.1 Å². The number of thiophene rings is 1. The van der Waals surface area contributed by atoms with Gasteiger partial charge < -0.3 is 10.4 Å². The van der Waals surface area contributed by atoms with E-state index in [1.807, 2.05) is 0 Å². The molecule has 0 aliphatic carbocycles. The number of thioether (sulfide) groups is 1. The van der Waals surface area contributed by atoms with E-state index in [4.69, 9.17) is 5.11 Å². The van der Waals surface area contributed by atoms with Gasteiger partial charge in [-0.2, -0.15) is 16.1 Å². The summed E-state index contributed by atoms with van der Waals surface area (Å²) in [5.41, 5.74) is -1.13. The number of rotatable bonds is 6. The third-order valence-electron chi connectivity index (χ3n) is 3.69. The Morgan fingerprint density at radius 2 is 1.96 bits per heavy atom. The molecule has 1 fully saturated rings. The molecule has 134 valence electrons. The van der Waals surface area contributed by atoms with Gasteiger partial charge in [0, 0.05) is 31.1 Å². The third-order valence-corrected chi connectivity index (χ3v) is 7.62. The second-order valence-corrected chi connectivity index (χ2v) is 10.0. The number of hydrogen-bond donors (Lipinski definition) is 2. The zero-order valence-electron chi connectivity index (χ0n) is 13.4.